The van der Waals surface area contributed by atoms with Gasteiger partial charge in [-0.25, -0.2) is 0 Å². The molecule has 2 aliphatic heterocycles. The van der Waals surface area contributed by atoms with E-state index in [1.165, 1.54) is 19.3 Å². The summed E-state index contributed by atoms with van der Waals surface area (Å²) in [5.74, 6) is 0.821. The van der Waals surface area contributed by atoms with E-state index in [0.717, 1.165) is 32.6 Å². The molecular formula is C11H19ClN2O. The van der Waals surface area contributed by atoms with Gasteiger partial charge in [0.05, 0.1) is 0 Å². The fourth-order valence-corrected chi connectivity index (χ4v) is 3.09. The smallest absolute Gasteiger partial charge is 0.226 e. The molecule has 3 aliphatic rings. The lowest BCUT2D eigenvalue weighted by Crippen LogP contribution is -2.31. The van der Waals surface area contributed by atoms with Gasteiger partial charge in [-0.1, -0.05) is 0 Å². The van der Waals surface area contributed by atoms with Crippen molar-refractivity contribution in [1.82, 2.24) is 10.2 Å². The van der Waals surface area contributed by atoms with Crippen LogP contribution in [0.5, 0.6) is 0 Å². The molecule has 2 unspecified atom stereocenters. The lowest BCUT2D eigenvalue weighted by atomic mass is 10.0. The van der Waals surface area contributed by atoms with Crippen LogP contribution < -0.4 is 5.32 Å². The lowest BCUT2D eigenvalue weighted by Gasteiger charge is -2.16. The zero-order valence-electron chi connectivity index (χ0n) is 9.00. The maximum absolute atomic E-state index is 12.1. The molecule has 0 aromatic heterocycles. The first-order valence-corrected chi connectivity index (χ1v) is 5.81. The predicted molar refractivity (Wildman–Crippen MR) is 61.1 cm³/mol. The molecule has 1 saturated carbocycles. The zero-order valence-corrected chi connectivity index (χ0v) is 9.81. The van der Waals surface area contributed by atoms with Gasteiger partial charge in [-0.15, -0.1) is 12.4 Å². The Kier molecular flexibility index (Phi) is 2.95. The van der Waals surface area contributed by atoms with Gasteiger partial charge in [0.2, 0.25) is 5.91 Å². The van der Waals surface area contributed by atoms with Gasteiger partial charge in [-0.3, -0.25) is 4.79 Å². The fourth-order valence-electron chi connectivity index (χ4n) is 3.09. The van der Waals surface area contributed by atoms with Crippen molar-refractivity contribution < 1.29 is 4.79 Å². The lowest BCUT2D eigenvalue weighted by molar-refractivity contribution is -0.132. The number of rotatable bonds is 1. The molecule has 2 atom stereocenters. The second kappa shape index (κ2) is 3.95. The van der Waals surface area contributed by atoms with E-state index in [9.17, 15) is 4.79 Å². The molecule has 0 aromatic rings. The van der Waals surface area contributed by atoms with Gasteiger partial charge < -0.3 is 10.2 Å². The normalized spacial score (nSPS) is 38.1. The van der Waals surface area contributed by atoms with Crippen molar-refractivity contribution in [3.63, 3.8) is 0 Å². The summed E-state index contributed by atoms with van der Waals surface area (Å²) in [7, 11) is 0. The van der Waals surface area contributed by atoms with Crippen molar-refractivity contribution in [3.8, 4) is 0 Å². The first-order chi connectivity index (χ1) is 6.82. The van der Waals surface area contributed by atoms with Crippen LogP contribution in [-0.2, 0) is 4.79 Å². The van der Waals surface area contributed by atoms with Crippen LogP contribution >= 0.6 is 12.4 Å². The molecule has 0 aromatic carbocycles. The molecule has 2 saturated heterocycles. The van der Waals surface area contributed by atoms with E-state index in [1.54, 1.807) is 0 Å². The summed E-state index contributed by atoms with van der Waals surface area (Å²) in [6.07, 6.45) is 4.79. The predicted octanol–water partition coefficient (Wildman–Crippen LogP) is 1.03. The van der Waals surface area contributed by atoms with Crippen LogP contribution in [0.4, 0.5) is 0 Å². The van der Waals surface area contributed by atoms with Crippen molar-refractivity contribution in [1.29, 1.82) is 0 Å². The summed E-state index contributed by atoms with van der Waals surface area (Å²) in [6, 6.07) is 0. The van der Waals surface area contributed by atoms with Gasteiger partial charge in [0.1, 0.15) is 0 Å². The molecule has 4 heteroatoms. The molecule has 3 rings (SSSR count). The van der Waals surface area contributed by atoms with Crippen LogP contribution in [0.25, 0.3) is 0 Å². The number of halogens is 1. The molecule has 0 bridgehead atoms. The highest BCUT2D eigenvalue weighted by Gasteiger charge is 2.59. The van der Waals surface area contributed by atoms with Crippen LogP contribution in [0.2, 0.25) is 0 Å². The van der Waals surface area contributed by atoms with Gasteiger partial charge in [-0.2, -0.15) is 0 Å². The highest BCUT2D eigenvalue weighted by molar-refractivity contribution is 5.85. The molecule has 3 nitrogen and oxygen atoms in total. The number of likely N-dealkylation sites (tertiary alicyclic amines) is 1. The molecule has 86 valence electrons. The summed E-state index contributed by atoms with van der Waals surface area (Å²) in [5.41, 5.74) is 0.389. The Morgan fingerprint density at radius 3 is 2.67 bits per heavy atom. The minimum absolute atomic E-state index is 0. The number of nitrogens with one attached hydrogen (secondary N) is 1. The maximum atomic E-state index is 12.1. The third-order valence-electron chi connectivity index (χ3n) is 4.18. The number of hydrogen-bond donors (Lipinski definition) is 1. The van der Waals surface area contributed by atoms with Gasteiger partial charge in [0, 0.05) is 25.6 Å². The van der Waals surface area contributed by atoms with Crippen molar-refractivity contribution in [2.75, 3.05) is 26.2 Å². The Morgan fingerprint density at radius 2 is 2.07 bits per heavy atom. The van der Waals surface area contributed by atoms with Crippen molar-refractivity contribution >= 4 is 18.3 Å². The zero-order chi connectivity index (χ0) is 9.60. The number of hydrogen-bond acceptors (Lipinski definition) is 2. The summed E-state index contributed by atoms with van der Waals surface area (Å²) < 4.78 is 0. The number of carbonyl (C=O) groups excluding carboxylic acids is 1. The van der Waals surface area contributed by atoms with E-state index >= 15 is 0 Å². The topological polar surface area (TPSA) is 32.3 Å². The average molecular weight is 231 g/mol. The molecular weight excluding hydrogens is 212 g/mol. The molecule has 1 N–H and O–H groups in total. The van der Waals surface area contributed by atoms with E-state index in [1.807, 2.05) is 0 Å². The monoisotopic (exact) mass is 230 g/mol. The SMILES string of the molecule is Cl.O=C(C1CC12CCNC2)N1CCCC1. The van der Waals surface area contributed by atoms with Crippen LogP contribution in [0.1, 0.15) is 25.7 Å². The Morgan fingerprint density at radius 1 is 1.33 bits per heavy atom. The van der Waals surface area contributed by atoms with E-state index in [2.05, 4.69) is 10.2 Å². The third-order valence-corrected chi connectivity index (χ3v) is 4.18. The second-order valence-electron chi connectivity index (χ2n) is 5.08. The fraction of sp³-hybridized carbons (Fsp3) is 0.909. The van der Waals surface area contributed by atoms with E-state index in [-0.39, 0.29) is 12.4 Å². The number of amides is 1. The van der Waals surface area contributed by atoms with Gasteiger partial charge in [0.15, 0.2) is 0 Å². The van der Waals surface area contributed by atoms with Crippen LogP contribution in [0.15, 0.2) is 0 Å². The Bertz CT molecular complexity index is 257. The average Bonchev–Trinajstić information content (AvgIpc) is 2.62. The van der Waals surface area contributed by atoms with Crippen molar-refractivity contribution in [2.24, 2.45) is 11.3 Å². The van der Waals surface area contributed by atoms with Crippen LogP contribution in [0, 0.1) is 11.3 Å². The van der Waals surface area contributed by atoms with Crippen LogP contribution in [0.3, 0.4) is 0 Å². The molecule has 2 heterocycles. The van der Waals surface area contributed by atoms with E-state index in [0.29, 0.717) is 17.2 Å². The van der Waals surface area contributed by atoms with Gasteiger partial charge in [0.25, 0.3) is 0 Å². The molecule has 1 spiro atoms. The van der Waals surface area contributed by atoms with Crippen LogP contribution in [-0.4, -0.2) is 37.0 Å². The standard InChI is InChI=1S/C11H18N2O.ClH/c14-10(13-5-1-2-6-13)9-7-11(9)3-4-12-8-11;/h9,12H,1-8H2;1H. The Balaban J connectivity index is 0.000000853. The van der Waals surface area contributed by atoms with Gasteiger partial charge in [-0.05, 0) is 37.6 Å². The Labute approximate surface area is 97.0 Å². The largest absolute Gasteiger partial charge is 0.342 e. The third kappa shape index (κ3) is 1.76. The molecule has 15 heavy (non-hydrogen) atoms. The quantitative estimate of drug-likeness (QED) is 0.730. The summed E-state index contributed by atoms with van der Waals surface area (Å²) >= 11 is 0. The minimum Gasteiger partial charge on any atom is -0.342 e. The summed E-state index contributed by atoms with van der Waals surface area (Å²) in [5, 5.41) is 3.38. The first kappa shape index (κ1) is 11.2. The summed E-state index contributed by atoms with van der Waals surface area (Å²) in [6.45, 7) is 4.22. The molecule has 3 fully saturated rings. The minimum atomic E-state index is 0. The summed E-state index contributed by atoms with van der Waals surface area (Å²) in [4.78, 5) is 14.1. The van der Waals surface area contributed by atoms with E-state index < -0.39 is 0 Å². The highest BCUT2D eigenvalue weighted by Crippen LogP contribution is 2.57. The van der Waals surface area contributed by atoms with Crippen molar-refractivity contribution in [3.05, 3.63) is 0 Å². The van der Waals surface area contributed by atoms with E-state index in [4.69, 9.17) is 0 Å². The van der Waals surface area contributed by atoms with Gasteiger partial charge >= 0.3 is 0 Å². The second-order valence-corrected chi connectivity index (χ2v) is 5.08. The number of carbonyl (C=O) groups is 1. The highest BCUT2D eigenvalue weighted by atomic mass is 35.5. The maximum Gasteiger partial charge on any atom is 0.226 e. The first-order valence-electron chi connectivity index (χ1n) is 5.81. The molecule has 0 radical (unpaired) electrons. The Hall–Kier alpha value is -0.280. The molecule has 1 amide bonds. The molecule has 1 aliphatic carbocycles. The number of nitrogens with zero attached hydrogens (tertiary/aromatic N) is 1. The van der Waals surface area contributed by atoms with Crippen molar-refractivity contribution in [2.45, 2.75) is 25.7 Å².